The molecule has 0 spiro atoms. The standard InChI is InChI=1S/C11H16F3N5O/c12-11(13,14)8-1-2-9(16-7-8)10(20)15-3-5-19-6-4-17-18-19/h4,6,8-9,16H,1-3,5,7H2,(H,15,20). The third kappa shape index (κ3) is 3.92. The average Bonchev–Trinajstić information content (AvgIpc) is 2.91. The number of carbonyl (C=O) groups excluding carboxylic acids is 1. The Morgan fingerprint density at radius 2 is 2.25 bits per heavy atom. The number of aromatic nitrogens is 3. The Labute approximate surface area is 113 Å². The van der Waals surface area contributed by atoms with Crippen molar-refractivity contribution in [1.29, 1.82) is 0 Å². The predicted octanol–water partition coefficient (Wildman–Crippen LogP) is 0.325. The van der Waals surface area contributed by atoms with Crippen LogP contribution < -0.4 is 10.6 Å². The number of halogens is 3. The Morgan fingerprint density at radius 1 is 1.45 bits per heavy atom. The largest absolute Gasteiger partial charge is 0.393 e. The molecule has 2 heterocycles. The van der Waals surface area contributed by atoms with Gasteiger partial charge in [-0.05, 0) is 12.8 Å². The molecule has 2 atom stereocenters. The predicted molar refractivity (Wildman–Crippen MR) is 63.6 cm³/mol. The summed E-state index contributed by atoms with van der Waals surface area (Å²) in [6.07, 6.45) is -0.820. The van der Waals surface area contributed by atoms with Gasteiger partial charge in [-0.1, -0.05) is 5.21 Å². The van der Waals surface area contributed by atoms with E-state index >= 15 is 0 Å². The van der Waals surface area contributed by atoms with Gasteiger partial charge < -0.3 is 10.6 Å². The summed E-state index contributed by atoms with van der Waals surface area (Å²) in [6.45, 7) is 0.636. The van der Waals surface area contributed by atoms with Gasteiger partial charge in [0.25, 0.3) is 0 Å². The summed E-state index contributed by atoms with van der Waals surface area (Å²) < 4.78 is 39.0. The zero-order chi connectivity index (χ0) is 14.6. The topological polar surface area (TPSA) is 71.8 Å². The van der Waals surface area contributed by atoms with Gasteiger partial charge in [0.2, 0.25) is 5.91 Å². The molecule has 0 aliphatic carbocycles. The molecule has 2 rings (SSSR count). The minimum absolute atomic E-state index is 0.0162. The quantitative estimate of drug-likeness (QED) is 0.838. The van der Waals surface area contributed by atoms with E-state index in [0.717, 1.165) is 0 Å². The first-order valence-corrected chi connectivity index (χ1v) is 6.38. The van der Waals surface area contributed by atoms with Gasteiger partial charge >= 0.3 is 6.18 Å². The van der Waals surface area contributed by atoms with Crippen LogP contribution in [0.5, 0.6) is 0 Å². The van der Waals surface area contributed by atoms with E-state index in [-0.39, 0.29) is 25.3 Å². The number of rotatable bonds is 4. The highest BCUT2D eigenvalue weighted by Crippen LogP contribution is 2.31. The molecule has 0 radical (unpaired) electrons. The lowest BCUT2D eigenvalue weighted by Crippen LogP contribution is -2.51. The maximum atomic E-state index is 12.5. The summed E-state index contributed by atoms with van der Waals surface area (Å²) >= 11 is 0. The van der Waals surface area contributed by atoms with E-state index in [0.29, 0.717) is 13.1 Å². The second-order valence-electron chi connectivity index (χ2n) is 4.73. The van der Waals surface area contributed by atoms with Gasteiger partial charge in [-0.3, -0.25) is 9.48 Å². The SMILES string of the molecule is O=C(NCCn1ccnn1)C1CCC(C(F)(F)F)CN1. The summed E-state index contributed by atoms with van der Waals surface area (Å²) in [4.78, 5) is 11.8. The van der Waals surface area contributed by atoms with Crippen LogP contribution in [0.25, 0.3) is 0 Å². The van der Waals surface area contributed by atoms with Crippen molar-refractivity contribution in [3.8, 4) is 0 Å². The first kappa shape index (κ1) is 14.8. The Balaban J connectivity index is 1.69. The molecule has 1 fully saturated rings. The van der Waals surface area contributed by atoms with Gasteiger partial charge in [0.15, 0.2) is 0 Å². The molecular formula is C11H16F3N5O. The molecule has 1 amide bonds. The van der Waals surface area contributed by atoms with Crippen molar-refractivity contribution in [2.75, 3.05) is 13.1 Å². The van der Waals surface area contributed by atoms with Gasteiger partial charge in [0.05, 0.1) is 24.7 Å². The highest BCUT2D eigenvalue weighted by molar-refractivity contribution is 5.81. The van der Waals surface area contributed by atoms with Gasteiger partial charge in [-0.25, -0.2) is 0 Å². The molecule has 6 nitrogen and oxygen atoms in total. The van der Waals surface area contributed by atoms with Crippen molar-refractivity contribution in [1.82, 2.24) is 25.6 Å². The van der Waals surface area contributed by atoms with Gasteiger partial charge in [0.1, 0.15) is 0 Å². The molecule has 1 aromatic rings. The first-order valence-electron chi connectivity index (χ1n) is 6.38. The van der Waals surface area contributed by atoms with Gasteiger partial charge in [-0.15, -0.1) is 5.10 Å². The van der Waals surface area contributed by atoms with E-state index in [9.17, 15) is 18.0 Å². The molecule has 20 heavy (non-hydrogen) atoms. The van der Waals surface area contributed by atoms with Gasteiger partial charge in [0, 0.05) is 19.3 Å². The zero-order valence-corrected chi connectivity index (χ0v) is 10.7. The molecule has 1 aromatic heterocycles. The van der Waals surface area contributed by atoms with E-state index in [2.05, 4.69) is 20.9 Å². The molecule has 9 heteroatoms. The van der Waals surface area contributed by atoms with Crippen LogP contribution in [0.4, 0.5) is 13.2 Å². The van der Waals surface area contributed by atoms with Crippen LogP contribution in [0, 0.1) is 5.92 Å². The second kappa shape index (κ2) is 6.21. The number of nitrogens with one attached hydrogen (secondary N) is 2. The summed E-state index contributed by atoms with van der Waals surface area (Å²) in [5.74, 6) is -1.63. The summed E-state index contributed by atoms with van der Waals surface area (Å²) in [5, 5.41) is 12.7. The van der Waals surface area contributed by atoms with Crippen molar-refractivity contribution in [3.63, 3.8) is 0 Å². The van der Waals surface area contributed by atoms with Crippen LogP contribution >= 0.6 is 0 Å². The third-order valence-electron chi connectivity index (χ3n) is 3.31. The molecule has 1 saturated heterocycles. The maximum Gasteiger partial charge on any atom is 0.393 e. The van der Waals surface area contributed by atoms with Crippen molar-refractivity contribution in [2.45, 2.75) is 31.6 Å². The summed E-state index contributed by atoms with van der Waals surface area (Å²) in [7, 11) is 0. The maximum absolute atomic E-state index is 12.5. The lowest BCUT2D eigenvalue weighted by atomic mass is 9.94. The van der Waals surface area contributed by atoms with Crippen LogP contribution in [0.3, 0.4) is 0 Å². The van der Waals surface area contributed by atoms with E-state index in [1.807, 2.05) is 0 Å². The molecule has 1 aliphatic heterocycles. The van der Waals surface area contributed by atoms with Crippen LogP contribution in [0.15, 0.2) is 12.4 Å². The minimum Gasteiger partial charge on any atom is -0.353 e. The number of carbonyl (C=O) groups is 1. The number of hydrogen-bond acceptors (Lipinski definition) is 4. The third-order valence-corrected chi connectivity index (χ3v) is 3.31. The van der Waals surface area contributed by atoms with Crippen molar-refractivity contribution < 1.29 is 18.0 Å². The first-order chi connectivity index (χ1) is 9.47. The fourth-order valence-corrected chi connectivity index (χ4v) is 2.13. The zero-order valence-electron chi connectivity index (χ0n) is 10.7. The highest BCUT2D eigenvalue weighted by Gasteiger charge is 2.42. The average molecular weight is 291 g/mol. The normalized spacial score (nSPS) is 23.6. The monoisotopic (exact) mass is 291 g/mol. The lowest BCUT2D eigenvalue weighted by Gasteiger charge is -2.30. The van der Waals surface area contributed by atoms with Gasteiger partial charge in [-0.2, -0.15) is 13.2 Å². The lowest BCUT2D eigenvalue weighted by molar-refractivity contribution is -0.180. The fraction of sp³-hybridized carbons (Fsp3) is 0.727. The Hall–Kier alpha value is -1.64. The molecule has 2 unspecified atom stereocenters. The number of alkyl halides is 3. The Kier molecular flexibility index (Phi) is 4.58. The summed E-state index contributed by atoms with van der Waals surface area (Å²) in [5.41, 5.74) is 0. The number of amides is 1. The number of hydrogen-bond donors (Lipinski definition) is 2. The number of piperidine rings is 1. The fourth-order valence-electron chi connectivity index (χ4n) is 2.13. The smallest absolute Gasteiger partial charge is 0.353 e. The molecule has 0 saturated carbocycles. The van der Waals surface area contributed by atoms with Crippen LogP contribution in [-0.4, -0.2) is 46.2 Å². The molecule has 2 N–H and O–H groups in total. The van der Waals surface area contributed by atoms with Crippen molar-refractivity contribution in [3.05, 3.63) is 12.4 Å². The molecular weight excluding hydrogens is 275 g/mol. The van der Waals surface area contributed by atoms with Crippen LogP contribution in [-0.2, 0) is 11.3 Å². The van der Waals surface area contributed by atoms with Crippen LogP contribution in [0.2, 0.25) is 0 Å². The Bertz CT molecular complexity index is 426. The molecule has 0 aromatic carbocycles. The molecule has 0 bridgehead atoms. The van der Waals surface area contributed by atoms with E-state index in [4.69, 9.17) is 0 Å². The van der Waals surface area contributed by atoms with E-state index in [1.165, 1.54) is 6.20 Å². The highest BCUT2D eigenvalue weighted by atomic mass is 19.4. The van der Waals surface area contributed by atoms with Crippen LogP contribution in [0.1, 0.15) is 12.8 Å². The molecule has 112 valence electrons. The summed E-state index contributed by atoms with van der Waals surface area (Å²) in [6, 6.07) is -0.552. The molecule has 1 aliphatic rings. The van der Waals surface area contributed by atoms with Crippen molar-refractivity contribution >= 4 is 5.91 Å². The van der Waals surface area contributed by atoms with E-state index in [1.54, 1.807) is 10.9 Å². The Morgan fingerprint density at radius 3 is 2.80 bits per heavy atom. The van der Waals surface area contributed by atoms with E-state index < -0.39 is 18.1 Å². The minimum atomic E-state index is -4.19. The number of nitrogens with zero attached hydrogens (tertiary/aromatic N) is 3. The van der Waals surface area contributed by atoms with Crippen molar-refractivity contribution in [2.24, 2.45) is 5.92 Å². The second-order valence-corrected chi connectivity index (χ2v) is 4.73.